The number of benzene rings is 1. The molecule has 0 radical (unpaired) electrons. The maximum absolute atomic E-state index is 11.4. The van der Waals surface area contributed by atoms with Crippen molar-refractivity contribution in [2.24, 2.45) is 0 Å². The third-order valence-corrected chi connectivity index (χ3v) is 3.97. The van der Waals surface area contributed by atoms with Gasteiger partial charge in [0.2, 0.25) is 5.91 Å². The third-order valence-electron chi connectivity index (χ3n) is 3.97. The minimum absolute atomic E-state index is 0.0153. The molecule has 2 aliphatic rings. The Balaban J connectivity index is 1.90. The summed E-state index contributed by atoms with van der Waals surface area (Å²) in [6.45, 7) is 1.81. The second-order valence-corrected chi connectivity index (χ2v) is 5.52. The summed E-state index contributed by atoms with van der Waals surface area (Å²) < 4.78 is 0. The van der Waals surface area contributed by atoms with Crippen molar-refractivity contribution in [3.8, 4) is 0 Å². The topological polar surface area (TPSA) is 96.3 Å². The lowest BCUT2D eigenvalue weighted by Gasteiger charge is -2.25. The Morgan fingerprint density at radius 1 is 1.33 bits per heavy atom. The van der Waals surface area contributed by atoms with E-state index >= 15 is 0 Å². The van der Waals surface area contributed by atoms with Crippen molar-refractivity contribution in [3.63, 3.8) is 0 Å². The van der Waals surface area contributed by atoms with E-state index < -0.39 is 4.92 Å². The zero-order valence-corrected chi connectivity index (χ0v) is 11.6. The summed E-state index contributed by atoms with van der Waals surface area (Å²) in [6.07, 6.45) is 3.11. The Hall–Kier alpha value is -2.15. The lowest BCUT2D eigenvalue weighted by Crippen LogP contribution is -2.38. The number of hydrogen-bond donors (Lipinski definition) is 3. The number of carbonyl (C=O) groups is 1. The fourth-order valence-corrected chi connectivity index (χ4v) is 2.88. The Morgan fingerprint density at radius 3 is 2.90 bits per heavy atom. The molecule has 1 aromatic rings. The van der Waals surface area contributed by atoms with Crippen LogP contribution in [0.3, 0.4) is 0 Å². The summed E-state index contributed by atoms with van der Waals surface area (Å²) in [5, 5.41) is 20.5. The minimum atomic E-state index is -0.403. The quantitative estimate of drug-likeness (QED) is 0.581. The molecule has 1 amide bonds. The number of rotatable bonds is 3. The zero-order valence-electron chi connectivity index (χ0n) is 11.6. The first kappa shape index (κ1) is 13.8. The number of piperidine rings is 1. The average molecular weight is 290 g/mol. The normalized spacial score (nSPS) is 21.3. The number of nitro groups is 1. The van der Waals surface area contributed by atoms with Gasteiger partial charge in [-0.2, -0.15) is 0 Å². The molecule has 0 aliphatic carbocycles. The summed E-state index contributed by atoms with van der Waals surface area (Å²) >= 11 is 0. The van der Waals surface area contributed by atoms with Gasteiger partial charge in [0.25, 0.3) is 5.69 Å². The molecule has 2 aliphatic heterocycles. The molecule has 3 N–H and O–H groups in total. The van der Waals surface area contributed by atoms with Crippen molar-refractivity contribution >= 4 is 23.0 Å². The molecular weight excluding hydrogens is 272 g/mol. The van der Waals surface area contributed by atoms with Gasteiger partial charge in [-0.15, -0.1) is 0 Å². The number of amides is 1. The molecule has 0 spiro atoms. The maximum Gasteiger partial charge on any atom is 0.294 e. The van der Waals surface area contributed by atoms with Crippen molar-refractivity contribution in [1.82, 2.24) is 5.32 Å². The largest absolute Gasteiger partial charge is 0.375 e. The van der Waals surface area contributed by atoms with Crippen LogP contribution in [0.1, 0.15) is 24.8 Å². The molecule has 1 unspecified atom stereocenters. The lowest BCUT2D eigenvalue weighted by molar-refractivity contribution is -0.383. The van der Waals surface area contributed by atoms with Crippen LogP contribution in [0.25, 0.3) is 0 Å². The van der Waals surface area contributed by atoms with Gasteiger partial charge in [-0.3, -0.25) is 14.9 Å². The summed E-state index contributed by atoms with van der Waals surface area (Å²) in [7, 11) is 0. The molecule has 0 bridgehead atoms. The maximum atomic E-state index is 11.4. The monoisotopic (exact) mass is 290 g/mol. The summed E-state index contributed by atoms with van der Waals surface area (Å²) in [5.41, 5.74) is 2.07. The highest BCUT2D eigenvalue weighted by Gasteiger charge is 2.24. The van der Waals surface area contributed by atoms with Gasteiger partial charge in [-0.1, -0.05) is 0 Å². The first-order valence-corrected chi connectivity index (χ1v) is 7.22. The number of fused-ring (bicyclic) bond motifs is 1. The second kappa shape index (κ2) is 5.69. The molecule has 112 valence electrons. The number of carbonyl (C=O) groups excluding carboxylic acids is 1. The standard InChI is InChI=1S/C14H18N4O3/c19-14-4-3-9-6-12(16-10-2-1-5-15-8-10)13(18(20)21)7-11(9)17-14/h6-7,10,15-16H,1-5,8H2,(H,17,19). The van der Waals surface area contributed by atoms with Gasteiger partial charge >= 0.3 is 0 Å². The fraction of sp³-hybridized carbons (Fsp3) is 0.500. The summed E-state index contributed by atoms with van der Waals surface area (Å²) in [4.78, 5) is 22.3. The Labute approximate surface area is 122 Å². The zero-order chi connectivity index (χ0) is 14.8. The molecular formula is C14H18N4O3. The van der Waals surface area contributed by atoms with Gasteiger partial charge in [0.15, 0.2) is 0 Å². The summed E-state index contributed by atoms with van der Waals surface area (Å²) in [6, 6.07) is 3.47. The predicted octanol–water partition coefficient (Wildman–Crippen LogP) is 1.64. The van der Waals surface area contributed by atoms with Gasteiger partial charge in [-0.05, 0) is 37.4 Å². The molecule has 1 saturated heterocycles. The highest BCUT2D eigenvalue weighted by molar-refractivity contribution is 5.95. The van der Waals surface area contributed by atoms with Gasteiger partial charge in [0.05, 0.1) is 10.6 Å². The Morgan fingerprint density at radius 2 is 2.19 bits per heavy atom. The number of anilines is 2. The number of nitrogens with one attached hydrogen (secondary N) is 3. The molecule has 1 atom stereocenters. The molecule has 21 heavy (non-hydrogen) atoms. The van der Waals surface area contributed by atoms with Gasteiger partial charge in [0.1, 0.15) is 5.69 Å². The molecule has 2 heterocycles. The van der Waals surface area contributed by atoms with Gasteiger partial charge in [0, 0.05) is 25.1 Å². The van der Waals surface area contributed by atoms with Crippen molar-refractivity contribution in [3.05, 3.63) is 27.8 Å². The molecule has 0 aromatic heterocycles. The van der Waals surface area contributed by atoms with Crippen LogP contribution in [-0.2, 0) is 11.2 Å². The Kier molecular flexibility index (Phi) is 3.74. The van der Waals surface area contributed by atoms with Crippen LogP contribution in [-0.4, -0.2) is 30.0 Å². The highest BCUT2D eigenvalue weighted by atomic mass is 16.6. The van der Waals surface area contributed by atoms with E-state index in [1.807, 2.05) is 6.07 Å². The predicted molar refractivity (Wildman–Crippen MR) is 79.6 cm³/mol. The molecule has 1 fully saturated rings. The van der Waals surface area contributed by atoms with Crippen LogP contribution in [0.15, 0.2) is 12.1 Å². The molecule has 1 aromatic carbocycles. The van der Waals surface area contributed by atoms with Crippen LogP contribution < -0.4 is 16.0 Å². The molecule has 7 nitrogen and oxygen atoms in total. The molecule has 0 saturated carbocycles. The van der Waals surface area contributed by atoms with E-state index in [-0.39, 0.29) is 17.6 Å². The molecule has 3 rings (SSSR count). The number of aryl methyl sites for hydroxylation is 1. The highest BCUT2D eigenvalue weighted by Crippen LogP contribution is 2.34. The SMILES string of the molecule is O=C1CCc2cc(NC3CCCNC3)c([N+](=O)[O-])cc2N1. The van der Waals surface area contributed by atoms with E-state index in [9.17, 15) is 14.9 Å². The van der Waals surface area contributed by atoms with E-state index in [0.29, 0.717) is 24.2 Å². The van der Waals surface area contributed by atoms with E-state index in [2.05, 4.69) is 16.0 Å². The first-order chi connectivity index (χ1) is 10.1. The van der Waals surface area contributed by atoms with E-state index in [0.717, 1.165) is 31.5 Å². The van der Waals surface area contributed by atoms with Crippen molar-refractivity contribution < 1.29 is 9.72 Å². The van der Waals surface area contributed by atoms with E-state index in [4.69, 9.17) is 0 Å². The van der Waals surface area contributed by atoms with Gasteiger partial charge < -0.3 is 16.0 Å². The number of hydrogen-bond acceptors (Lipinski definition) is 5. The minimum Gasteiger partial charge on any atom is -0.375 e. The van der Waals surface area contributed by atoms with Crippen LogP contribution in [0, 0.1) is 10.1 Å². The van der Waals surface area contributed by atoms with Crippen LogP contribution in [0.4, 0.5) is 17.1 Å². The van der Waals surface area contributed by atoms with Crippen molar-refractivity contribution in [2.45, 2.75) is 31.7 Å². The van der Waals surface area contributed by atoms with Crippen molar-refractivity contribution in [2.75, 3.05) is 23.7 Å². The van der Waals surface area contributed by atoms with Crippen LogP contribution in [0.2, 0.25) is 0 Å². The lowest BCUT2D eigenvalue weighted by atomic mass is 10.0. The van der Waals surface area contributed by atoms with E-state index in [1.54, 1.807) is 0 Å². The number of nitrogens with zero attached hydrogens (tertiary/aromatic N) is 1. The van der Waals surface area contributed by atoms with Crippen molar-refractivity contribution in [1.29, 1.82) is 0 Å². The third kappa shape index (κ3) is 2.97. The van der Waals surface area contributed by atoms with Gasteiger partial charge in [-0.25, -0.2) is 0 Å². The number of nitro benzene ring substituents is 1. The Bertz CT molecular complexity index is 582. The average Bonchev–Trinajstić information content (AvgIpc) is 2.47. The van der Waals surface area contributed by atoms with E-state index in [1.165, 1.54) is 6.07 Å². The fourth-order valence-electron chi connectivity index (χ4n) is 2.88. The summed E-state index contributed by atoms with van der Waals surface area (Å²) in [5.74, 6) is -0.0889. The van der Waals surface area contributed by atoms with Crippen LogP contribution >= 0.6 is 0 Å². The second-order valence-electron chi connectivity index (χ2n) is 5.52. The smallest absolute Gasteiger partial charge is 0.294 e. The van der Waals surface area contributed by atoms with Crippen LogP contribution in [0.5, 0.6) is 0 Å². The first-order valence-electron chi connectivity index (χ1n) is 7.22. The molecule has 7 heteroatoms.